The number of hydrogen-bond acceptors (Lipinski definition) is 4. The van der Waals surface area contributed by atoms with Gasteiger partial charge in [0.1, 0.15) is 5.82 Å². The van der Waals surface area contributed by atoms with E-state index < -0.39 is 0 Å². The fraction of sp³-hybridized carbons (Fsp3) is 0.600. The van der Waals surface area contributed by atoms with Crippen LogP contribution in [0.15, 0.2) is 5.16 Å². The molecule has 82 valence electrons. The number of nitrogens with zero attached hydrogens (tertiary/aromatic N) is 3. The third-order valence-electron chi connectivity index (χ3n) is 1.87. The molecule has 0 aliphatic carbocycles. The van der Waals surface area contributed by atoms with Gasteiger partial charge in [0, 0.05) is 6.54 Å². The van der Waals surface area contributed by atoms with Crippen LogP contribution in [0.25, 0.3) is 0 Å². The van der Waals surface area contributed by atoms with Gasteiger partial charge in [-0.15, -0.1) is 16.1 Å². The van der Waals surface area contributed by atoms with Gasteiger partial charge < -0.3 is 10.3 Å². The van der Waals surface area contributed by atoms with Crippen molar-refractivity contribution in [2.24, 2.45) is 5.73 Å². The quantitative estimate of drug-likeness (QED) is 0.604. The monoisotopic (exact) mass is 224 g/mol. The Labute approximate surface area is 94.6 Å². The molecule has 5 heteroatoms. The van der Waals surface area contributed by atoms with E-state index in [0.29, 0.717) is 6.54 Å². The molecule has 1 heterocycles. The molecule has 0 atom stereocenters. The van der Waals surface area contributed by atoms with E-state index in [0.717, 1.165) is 29.7 Å². The Kier molecular flexibility index (Phi) is 5.22. The first kappa shape index (κ1) is 12.1. The van der Waals surface area contributed by atoms with Crippen LogP contribution < -0.4 is 5.73 Å². The molecule has 1 aromatic heterocycles. The Morgan fingerprint density at radius 3 is 2.87 bits per heavy atom. The maximum Gasteiger partial charge on any atom is 0.192 e. The Morgan fingerprint density at radius 1 is 1.47 bits per heavy atom. The number of nitrogens with two attached hydrogens (primary N) is 1. The number of hydrogen-bond donors (Lipinski definition) is 1. The molecular formula is C10H16N4S. The minimum absolute atomic E-state index is 0.438. The molecule has 0 radical (unpaired) electrons. The molecule has 0 saturated carbocycles. The van der Waals surface area contributed by atoms with Crippen LogP contribution >= 0.6 is 11.8 Å². The van der Waals surface area contributed by atoms with Gasteiger partial charge in [0.2, 0.25) is 0 Å². The zero-order chi connectivity index (χ0) is 11.1. The van der Waals surface area contributed by atoms with E-state index in [-0.39, 0.29) is 0 Å². The highest BCUT2D eigenvalue weighted by molar-refractivity contribution is 7.99. The minimum Gasteiger partial charge on any atom is -0.324 e. The summed E-state index contributed by atoms with van der Waals surface area (Å²) in [6, 6.07) is 0. The topological polar surface area (TPSA) is 56.7 Å². The molecule has 0 fully saturated rings. The van der Waals surface area contributed by atoms with Gasteiger partial charge in [-0.1, -0.05) is 24.6 Å². The third kappa shape index (κ3) is 3.26. The van der Waals surface area contributed by atoms with Crippen LogP contribution in [0.1, 0.15) is 26.1 Å². The van der Waals surface area contributed by atoms with Crippen molar-refractivity contribution >= 4 is 11.8 Å². The van der Waals surface area contributed by atoms with E-state index in [1.165, 1.54) is 0 Å². The molecule has 0 amide bonds. The maximum absolute atomic E-state index is 5.59. The number of rotatable bonds is 5. The van der Waals surface area contributed by atoms with Crippen molar-refractivity contribution in [3.05, 3.63) is 5.82 Å². The Hall–Kier alpha value is -0.990. The summed E-state index contributed by atoms with van der Waals surface area (Å²) < 4.78 is 2.07. The summed E-state index contributed by atoms with van der Waals surface area (Å²) in [6.45, 7) is 5.32. The second-order valence-corrected chi connectivity index (χ2v) is 3.91. The second-order valence-electron chi connectivity index (χ2n) is 2.97. The standard InChI is InChI=1S/C10H16N4S/c1-3-5-7-15-10-13-12-9(8-11)14(10)6-4-2/h4,6-8,11H2,1-2H3. The Balaban J connectivity index is 2.75. The summed E-state index contributed by atoms with van der Waals surface area (Å²) in [5.74, 6) is 7.45. The molecule has 0 aliphatic rings. The molecule has 2 N–H and O–H groups in total. The minimum atomic E-state index is 0.438. The first-order chi connectivity index (χ1) is 7.33. The van der Waals surface area contributed by atoms with Gasteiger partial charge in [0.05, 0.1) is 12.3 Å². The Morgan fingerprint density at radius 2 is 2.27 bits per heavy atom. The average Bonchev–Trinajstić information content (AvgIpc) is 2.62. The molecule has 1 rings (SSSR count). The maximum atomic E-state index is 5.59. The predicted octanol–water partition coefficient (Wildman–Crippen LogP) is 1.26. The molecule has 0 unspecified atom stereocenters. The average molecular weight is 224 g/mol. The first-order valence-electron chi connectivity index (χ1n) is 4.98. The van der Waals surface area contributed by atoms with Crippen molar-refractivity contribution in [2.75, 3.05) is 5.75 Å². The SMILES string of the molecule is CC#CCSc1nnc(CN)n1CCC. The van der Waals surface area contributed by atoms with Crippen LogP contribution in [0.3, 0.4) is 0 Å². The molecule has 0 bridgehead atoms. The van der Waals surface area contributed by atoms with Gasteiger partial charge in [-0.25, -0.2) is 0 Å². The van der Waals surface area contributed by atoms with Crippen molar-refractivity contribution in [2.45, 2.75) is 38.5 Å². The molecule has 0 saturated heterocycles. The van der Waals surface area contributed by atoms with Crippen LogP contribution in [0, 0.1) is 11.8 Å². The highest BCUT2D eigenvalue weighted by Crippen LogP contribution is 2.16. The summed E-state index contributed by atoms with van der Waals surface area (Å²) in [5, 5.41) is 9.07. The smallest absolute Gasteiger partial charge is 0.192 e. The van der Waals surface area contributed by atoms with Crippen molar-refractivity contribution in [1.82, 2.24) is 14.8 Å². The predicted molar refractivity (Wildman–Crippen MR) is 62.4 cm³/mol. The van der Waals surface area contributed by atoms with Gasteiger partial charge in [0.15, 0.2) is 5.16 Å². The lowest BCUT2D eigenvalue weighted by molar-refractivity contribution is 0.592. The second kappa shape index (κ2) is 6.49. The molecule has 0 aliphatic heterocycles. The molecule has 4 nitrogen and oxygen atoms in total. The van der Waals surface area contributed by atoms with Crippen LogP contribution in [-0.4, -0.2) is 20.5 Å². The lowest BCUT2D eigenvalue weighted by atomic mass is 10.4. The van der Waals surface area contributed by atoms with E-state index >= 15 is 0 Å². The van der Waals surface area contributed by atoms with Gasteiger partial charge in [-0.3, -0.25) is 0 Å². The normalized spacial score (nSPS) is 9.80. The van der Waals surface area contributed by atoms with Crippen molar-refractivity contribution < 1.29 is 0 Å². The molecule has 1 aromatic rings. The van der Waals surface area contributed by atoms with E-state index in [1.807, 2.05) is 6.92 Å². The number of thioether (sulfide) groups is 1. The van der Waals surface area contributed by atoms with E-state index in [4.69, 9.17) is 5.73 Å². The van der Waals surface area contributed by atoms with Crippen LogP contribution in [0.2, 0.25) is 0 Å². The first-order valence-corrected chi connectivity index (χ1v) is 5.96. The zero-order valence-electron chi connectivity index (χ0n) is 9.16. The number of aromatic nitrogens is 3. The van der Waals surface area contributed by atoms with Gasteiger partial charge >= 0.3 is 0 Å². The molecule has 0 aromatic carbocycles. The summed E-state index contributed by atoms with van der Waals surface area (Å²) >= 11 is 1.61. The van der Waals surface area contributed by atoms with Gasteiger partial charge in [-0.05, 0) is 13.3 Å². The van der Waals surface area contributed by atoms with Crippen molar-refractivity contribution in [1.29, 1.82) is 0 Å². The zero-order valence-corrected chi connectivity index (χ0v) is 9.97. The highest BCUT2D eigenvalue weighted by Gasteiger charge is 2.09. The van der Waals surface area contributed by atoms with Crippen molar-refractivity contribution in [3.63, 3.8) is 0 Å². The molecule has 15 heavy (non-hydrogen) atoms. The van der Waals surface area contributed by atoms with Crippen LogP contribution in [-0.2, 0) is 13.1 Å². The van der Waals surface area contributed by atoms with E-state index in [2.05, 4.69) is 33.5 Å². The largest absolute Gasteiger partial charge is 0.324 e. The fourth-order valence-corrected chi connectivity index (χ4v) is 1.99. The summed E-state index contributed by atoms with van der Waals surface area (Å²) in [5.41, 5.74) is 5.59. The molecular weight excluding hydrogens is 208 g/mol. The lowest BCUT2D eigenvalue weighted by Gasteiger charge is -2.05. The lowest BCUT2D eigenvalue weighted by Crippen LogP contribution is -2.09. The van der Waals surface area contributed by atoms with Gasteiger partial charge in [-0.2, -0.15) is 0 Å². The van der Waals surface area contributed by atoms with Crippen LogP contribution in [0.5, 0.6) is 0 Å². The summed E-state index contributed by atoms with van der Waals surface area (Å²) in [6.07, 6.45) is 1.05. The summed E-state index contributed by atoms with van der Waals surface area (Å²) in [7, 11) is 0. The van der Waals surface area contributed by atoms with Crippen molar-refractivity contribution in [3.8, 4) is 11.8 Å². The Bertz CT molecular complexity index is 361. The third-order valence-corrected chi connectivity index (χ3v) is 2.72. The van der Waals surface area contributed by atoms with E-state index in [9.17, 15) is 0 Å². The van der Waals surface area contributed by atoms with Gasteiger partial charge in [0.25, 0.3) is 0 Å². The fourth-order valence-electron chi connectivity index (χ4n) is 1.20. The van der Waals surface area contributed by atoms with E-state index in [1.54, 1.807) is 11.8 Å². The van der Waals surface area contributed by atoms with Crippen LogP contribution in [0.4, 0.5) is 0 Å². The molecule has 0 spiro atoms. The highest BCUT2D eigenvalue weighted by atomic mass is 32.2. The summed E-state index contributed by atoms with van der Waals surface area (Å²) in [4.78, 5) is 0.